The summed E-state index contributed by atoms with van der Waals surface area (Å²) >= 11 is -2.11. The van der Waals surface area contributed by atoms with Crippen LogP contribution in [-0.2, 0) is 21.0 Å². The summed E-state index contributed by atoms with van der Waals surface area (Å²) in [6.45, 7) is 18.6. The van der Waals surface area contributed by atoms with E-state index < -0.39 is 21.0 Å². The van der Waals surface area contributed by atoms with Crippen LogP contribution in [0.3, 0.4) is 0 Å². The molecular weight excluding hydrogens is 478 g/mol. The van der Waals surface area contributed by atoms with Gasteiger partial charge in [0.1, 0.15) is 0 Å². The van der Waals surface area contributed by atoms with E-state index in [1.54, 1.807) is 29.0 Å². The summed E-state index contributed by atoms with van der Waals surface area (Å²) in [5.74, 6) is 1.28. The largest absolute Gasteiger partial charge is 1.00 e. The molecule has 2 aliphatic rings. The summed E-state index contributed by atoms with van der Waals surface area (Å²) in [6, 6.07) is 0. The molecule has 0 saturated heterocycles. The third kappa shape index (κ3) is 3.23. The summed E-state index contributed by atoms with van der Waals surface area (Å²) in [7, 11) is 0. The zero-order chi connectivity index (χ0) is 15.4. The van der Waals surface area contributed by atoms with E-state index in [2.05, 4.69) is 55.4 Å². The molecule has 22 heavy (non-hydrogen) atoms. The first kappa shape index (κ1) is 22.3. The van der Waals surface area contributed by atoms with E-state index in [0.29, 0.717) is 11.8 Å². The van der Waals surface area contributed by atoms with Gasteiger partial charge in [0.05, 0.1) is 0 Å². The van der Waals surface area contributed by atoms with Crippen LogP contribution in [0.5, 0.6) is 0 Å². The number of hydrogen-bond donors (Lipinski definition) is 0. The normalized spacial score (nSPS) is 24.5. The first-order valence-corrected chi connectivity index (χ1v) is 13.8. The fraction of sp³-hybridized carbons (Fsp3) is 0.526. The van der Waals surface area contributed by atoms with Crippen molar-refractivity contribution in [2.75, 3.05) is 0 Å². The van der Waals surface area contributed by atoms with Crippen LogP contribution in [0.1, 0.15) is 55.4 Å². The summed E-state index contributed by atoms with van der Waals surface area (Å²) in [4.78, 5) is 0. The van der Waals surface area contributed by atoms with Gasteiger partial charge in [-0.3, -0.25) is 0 Å². The molecule has 0 amide bonds. The van der Waals surface area contributed by atoms with Crippen LogP contribution >= 0.6 is 0 Å². The molecule has 2 unspecified atom stereocenters. The summed E-state index contributed by atoms with van der Waals surface area (Å²) in [5.41, 5.74) is 9.36. The zero-order valence-electron chi connectivity index (χ0n) is 15.1. The quantitative estimate of drug-likeness (QED) is 0.447. The van der Waals surface area contributed by atoms with Crippen molar-refractivity contribution in [1.82, 2.24) is 0 Å². The number of hydrogen-bond acceptors (Lipinski definition) is 0. The molecule has 0 aromatic heterocycles. The van der Waals surface area contributed by atoms with Crippen LogP contribution < -0.4 is 24.8 Å². The van der Waals surface area contributed by atoms with Crippen LogP contribution in [0.2, 0.25) is 0 Å². The minimum Gasteiger partial charge on any atom is -1.00 e. The van der Waals surface area contributed by atoms with Crippen molar-refractivity contribution in [3.05, 3.63) is 40.1 Å². The molecule has 0 N–H and O–H groups in total. The van der Waals surface area contributed by atoms with E-state index in [1.165, 1.54) is 11.1 Å². The summed E-state index contributed by atoms with van der Waals surface area (Å²) in [6.07, 6.45) is 0. The molecule has 0 spiro atoms. The summed E-state index contributed by atoms with van der Waals surface area (Å²) < 4.78 is 8.30. The molecule has 0 aromatic rings. The predicted octanol–water partition coefficient (Wildman–Crippen LogP) is -0.435. The van der Waals surface area contributed by atoms with Crippen molar-refractivity contribution in [2.45, 2.75) is 55.4 Å². The molecule has 0 nitrogen and oxygen atoms in total. The Morgan fingerprint density at radius 1 is 0.636 bits per heavy atom. The molecule has 2 aliphatic carbocycles. The third-order valence-corrected chi connectivity index (χ3v) is 16.4. The van der Waals surface area contributed by atoms with Crippen LogP contribution in [0, 0.1) is 11.8 Å². The van der Waals surface area contributed by atoms with Gasteiger partial charge in [-0.2, -0.15) is 0 Å². The van der Waals surface area contributed by atoms with Gasteiger partial charge < -0.3 is 24.8 Å². The fourth-order valence-electron chi connectivity index (χ4n) is 3.85. The standard InChI is InChI=1S/2C9H13.CH2.2ClH.Hf/c2*1-6-5-7(2)9(4)8(6)3;;;;/h2*6H,1-4H3;1H2;2*1H;/q;;;;;+2/p-2. The molecule has 3 heteroatoms. The van der Waals surface area contributed by atoms with Gasteiger partial charge in [-0.15, -0.1) is 0 Å². The Bertz CT molecular complexity index is 576. The van der Waals surface area contributed by atoms with E-state index >= 15 is 0 Å². The second kappa shape index (κ2) is 7.90. The Morgan fingerprint density at radius 3 is 1.09 bits per heavy atom. The van der Waals surface area contributed by atoms with Crippen LogP contribution in [0.4, 0.5) is 0 Å². The Morgan fingerprint density at radius 2 is 0.909 bits per heavy atom. The first-order chi connectivity index (χ1) is 9.20. The SMILES string of the molecule is [CH2]=[Hf+2]([C]1=C(C)C(C)=C(C)C1C)[C]1=C(C)C(C)=C(C)C1C.[Cl-].[Cl-]. The maximum absolute atomic E-state index is 4.79. The van der Waals surface area contributed by atoms with Crippen molar-refractivity contribution in [3.8, 4) is 0 Å². The minimum absolute atomic E-state index is 0. The molecule has 0 bridgehead atoms. The molecule has 2 atom stereocenters. The van der Waals surface area contributed by atoms with Crippen molar-refractivity contribution in [3.63, 3.8) is 0 Å². The van der Waals surface area contributed by atoms with E-state index in [-0.39, 0.29) is 24.8 Å². The first-order valence-electron chi connectivity index (χ1n) is 7.66. The van der Waals surface area contributed by atoms with E-state index in [4.69, 9.17) is 4.26 Å². The molecule has 0 aromatic carbocycles. The van der Waals surface area contributed by atoms with Gasteiger partial charge in [0.25, 0.3) is 0 Å². The maximum atomic E-state index is 4.79. The van der Waals surface area contributed by atoms with Crippen molar-refractivity contribution >= 4 is 4.26 Å². The molecule has 0 fully saturated rings. The monoisotopic (exact) mass is 506 g/mol. The van der Waals surface area contributed by atoms with Gasteiger partial charge in [-0.05, 0) is 0 Å². The Hall–Kier alpha value is 0.280. The molecule has 2 rings (SSSR count). The van der Waals surface area contributed by atoms with E-state index in [9.17, 15) is 0 Å². The summed E-state index contributed by atoms with van der Waals surface area (Å²) in [5, 5.41) is 0. The number of halogens is 2. The van der Waals surface area contributed by atoms with Gasteiger partial charge in [0, 0.05) is 0 Å². The average Bonchev–Trinajstić information content (AvgIpc) is 2.71. The van der Waals surface area contributed by atoms with Crippen LogP contribution in [-0.4, -0.2) is 4.26 Å². The number of allylic oxidation sites excluding steroid dienone is 8. The smallest absolute Gasteiger partial charge is 1.00 e. The Labute approximate surface area is 156 Å². The van der Waals surface area contributed by atoms with Gasteiger partial charge in [0.2, 0.25) is 0 Å². The van der Waals surface area contributed by atoms with Crippen LogP contribution in [0.25, 0.3) is 0 Å². The van der Waals surface area contributed by atoms with Crippen molar-refractivity contribution < 1.29 is 45.8 Å². The topological polar surface area (TPSA) is 0 Å². The van der Waals surface area contributed by atoms with Crippen molar-refractivity contribution in [1.29, 1.82) is 0 Å². The minimum atomic E-state index is -2.11. The van der Waals surface area contributed by atoms with E-state index in [1.807, 2.05) is 0 Å². The van der Waals surface area contributed by atoms with Crippen LogP contribution in [0.15, 0.2) is 40.1 Å². The van der Waals surface area contributed by atoms with Gasteiger partial charge in [-0.1, -0.05) is 0 Å². The maximum Gasteiger partial charge on any atom is -1.00 e. The molecule has 0 aliphatic heterocycles. The second-order valence-electron chi connectivity index (χ2n) is 6.62. The fourth-order valence-corrected chi connectivity index (χ4v) is 14.8. The van der Waals surface area contributed by atoms with E-state index in [0.717, 1.165) is 0 Å². The third-order valence-electron chi connectivity index (χ3n) is 5.93. The molecular formula is C19H28Cl2Hf. The molecule has 0 heterocycles. The molecule has 0 radical (unpaired) electrons. The van der Waals surface area contributed by atoms with Gasteiger partial charge in [-0.25, -0.2) is 0 Å². The zero-order valence-corrected chi connectivity index (χ0v) is 20.2. The molecule has 0 saturated carbocycles. The number of rotatable bonds is 2. The Kier molecular flexibility index (Phi) is 8.00. The van der Waals surface area contributed by atoms with Gasteiger partial charge >= 0.3 is 133 Å². The molecule has 122 valence electrons. The second-order valence-corrected chi connectivity index (χ2v) is 13.9. The Balaban J connectivity index is 0.00000220. The average molecular weight is 506 g/mol. The predicted molar refractivity (Wildman–Crippen MR) is 87.6 cm³/mol. The van der Waals surface area contributed by atoms with Crippen molar-refractivity contribution in [2.24, 2.45) is 11.8 Å². The van der Waals surface area contributed by atoms with Gasteiger partial charge in [0.15, 0.2) is 0 Å².